The summed E-state index contributed by atoms with van der Waals surface area (Å²) in [4.78, 5) is 25.4. The summed E-state index contributed by atoms with van der Waals surface area (Å²) in [6.07, 6.45) is 3.63. The molecule has 23 heavy (non-hydrogen) atoms. The first kappa shape index (κ1) is 17.8. The second-order valence-electron chi connectivity index (χ2n) is 7.25. The van der Waals surface area contributed by atoms with E-state index in [-0.39, 0.29) is 24.1 Å². The molecular formula is C17H28N2O4. The van der Waals surface area contributed by atoms with Crippen LogP contribution in [0.2, 0.25) is 0 Å². The molecule has 6 heteroatoms. The zero-order valence-electron chi connectivity index (χ0n) is 14.3. The smallest absolute Gasteiger partial charge is 0.410 e. The molecule has 0 unspecified atom stereocenters. The highest BCUT2D eigenvalue weighted by molar-refractivity contribution is 5.87. The Kier molecular flexibility index (Phi) is 5.68. The van der Waals surface area contributed by atoms with Crippen molar-refractivity contribution in [3.05, 3.63) is 12.7 Å². The first-order valence-electron chi connectivity index (χ1n) is 8.32. The summed E-state index contributed by atoms with van der Waals surface area (Å²) in [6.45, 7) is 11.1. The summed E-state index contributed by atoms with van der Waals surface area (Å²) >= 11 is 0. The van der Waals surface area contributed by atoms with E-state index in [0.29, 0.717) is 25.6 Å². The quantitative estimate of drug-likeness (QED) is 0.807. The van der Waals surface area contributed by atoms with Crippen LogP contribution >= 0.6 is 0 Å². The molecule has 6 nitrogen and oxygen atoms in total. The lowest BCUT2D eigenvalue weighted by Crippen LogP contribution is -2.48. The number of nitrogens with zero attached hydrogens (tertiary/aromatic N) is 1. The van der Waals surface area contributed by atoms with Crippen LogP contribution in [0, 0.1) is 5.92 Å². The number of piperidine rings is 1. The number of amides is 2. The maximum Gasteiger partial charge on any atom is 0.410 e. The van der Waals surface area contributed by atoms with Gasteiger partial charge in [-0.25, -0.2) is 4.79 Å². The topological polar surface area (TPSA) is 67.9 Å². The summed E-state index contributed by atoms with van der Waals surface area (Å²) in [6, 6.07) is 0.0403. The van der Waals surface area contributed by atoms with Crippen LogP contribution in [0.4, 0.5) is 4.79 Å². The van der Waals surface area contributed by atoms with Gasteiger partial charge in [-0.3, -0.25) is 4.79 Å². The third-order valence-corrected chi connectivity index (χ3v) is 4.30. The van der Waals surface area contributed by atoms with Gasteiger partial charge >= 0.3 is 6.09 Å². The fourth-order valence-corrected chi connectivity index (χ4v) is 3.21. The number of hydrogen-bond donors (Lipinski definition) is 1. The van der Waals surface area contributed by atoms with Crippen molar-refractivity contribution in [1.29, 1.82) is 0 Å². The van der Waals surface area contributed by atoms with Gasteiger partial charge in [0.05, 0.1) is 12.1 Å². The van der Waals surface area contributed by atoms with E-state index in [4.69, 9.17) is 9.47 Å². The fraction of sp³-hybridized carbons (Fsp3) is 0.765. The Morgan fingerprint density at radius 2 is 1.91 bits per heavy atom. The standard InChI is InChI=1S/C17H28N2O4/c1-5-14(20)18-13-8-11-22-15(13)12-6-9-19(10-7-12)16(21)23-17(2,3)4/h5,12-13,15H,1,6-11H2,2-4H3,(H,18,20)/t13-,15+/m1/s1. The molecule has 2 amide bonds. The molecular weight excluding hydrogens is 296 g/mol. The molecule has 0 bridgehead atoms. The molecule has 2 fully saturated rings. The van der Waals surface area contributed by atoms with Crippen molar-refractivity contribution >= 4 is 12.0 Å². The molecule has 2 saturated heterocycles. The Bertz CT molecular complexity index is 450. The van der Waals surface area contributed by atoms with Crippen LogP contribution in [0.5, 0.6) is 0 Å². The van der Waals surface area contributed by atoms with Crippen molar-refractivity contribution in [1.82, 2.24) is 10.2 Å². The number of carbonyl (C=O) groups excluding carboxylic acids is 2. The number of likely N-dealkylation sites (tertiary alicyclic amines) is 1. The molecule has 0 spiro atoms. The number of ether oxygens (including phenoxy) is 2. The van der Waals surface area contributed by atoms with E-state index < -0.39 is 5.60 Å². The second-order valence-corrected chi connectivity index (χ2v) is 7.25. The van der Waals surface area contributed by atoms with Crippen LogP contribution in [0.1, 0.15) is 40.0 Å². The van der Waals surface area contributed by atoms with Crippen molar-refractivity contribution in [3.63, 3.8) is 0 Å². The molecule has 0 radical (unpaired) electrons. The summed E-state index contributed by atoms with van der Waals surface area (Å²) in [5.74, 6) is 0.197. The monoisotopic (exact) mass is 324 g/mol. The molecule has 2 rings (SSSR count). The van der Waals surface area contributed by atoms with E-state index in [1.165, 1.54) is 6.08 Å². The van der Waals surface area contributed by atoms with E-state index in [0.717, 1.165) is 19.3 Å². The molecule has 0 saturated carbocycles. The van der Waals surface area contributed by atoms with Gasteiger partial charge < -0.3 is 19.7 Å². The highest BCUT2D eigenvalue weighted by atomic mass is 16.6. The van der Waals surface area contributed by atoms with Gasteiger partial charge in [-0.15, -0.1) is 0 Å². The number of hydrogen-bond acceptors (Lipinski definition) is 4. The van der Waals surface area contributed by atoms with E-state index in [1.807, 2.05) is 20.8 Å². The Morgan fingerprint density at radius 1 is 1.26 bits per heavy atom. The first-order chi connectivity index (χ1) is 10.8. The molecule has 130 valence electrons. The number of rotatable bonds is 3. The Hall–Kier alpha value is -1.56. The molecule has 2 aliphatic rings. The molecule has 2 aliphatic heterocycles. The summed E-state index contributed by atoms with van der Waals surface area (Å²) in [7, 11) is 0. The maximum absolute atomic E-state index is 12.1. The van der Waals surface area contributed by atoms with Crippen molar-refractivity contribution in [3.8, 4) is 0 Å². The van der Waals surface area contributed by atoms with Crippen LogP contribution < -0.4 is 5.32 Å². The lowest BCUT2D eigenvalue weighted by Gasteiger charge is -2.36. The Morgan fingerprint density at radius 3 is 2.48 bits per heavy atom. The van der Waals surface area contributed by atoms with Crippen LogP contribution in [-0.4, -0.2) is 54.3 Å². The van der Waals surface area contributed by atoms with Gasteiger partial charge in [0.15, 0.2) is 0 Å². The van der Waals surface area contributed by atoms with Crippen molar-refractivity contribution in [2.45, 2.75) is 57.8 Å². The second kappa shape index (κ2) is 7.34. The average molecular weight is 324 g/mol. The van der Waals surface area contributed by atoms with Gasteiger partial charge in [-0.1, -0.05) is 6.58 Å². The molecule has 0 aliphatic carbocycles. The number of carbonyl (C=O) groups is 2. The van der Waals surface area contributed by atoms with E-state index in [9.17, 15) is 9.59 Å². The Labute approximate surface area is 138 Å². The molecule has 0 aromatic rings. The zero-order valence-corrected chi connectivity index (χ0v) is 14.3. The van der Waals surface area contributed by atoms with Crippen LogP contribution in [0.25, 0.3) is 0 Å². The largest absolute Gasteiger partial charge is 0.444 e. The highest BCUT2D eigenvalue weighted by Crippen LogP contribution is 2.30. The first-order valence-corrected chi connectivity index (χ1v) is 8.32. The molecule has 2 atom stereocenters. The zero-order chi connectivity index (χ0) is 17.0. The fourth-order valence-electron chi connectivity index (χ4n) is 3.21. The van der Waals surface area contributed by atoms with Crippen LogP contribution in [0.15, 0.2) is 12.7 Å². The predicted molar refractivity (Wildman–Crippen MR) is 87.0 cm³/mol. The molecule has 2 heterocycles. The van der Waals surface area contributed by atoms with Gasteiger partial charge in [0.2, 0.25) is 5.91 Å². The average Bonchev–Trinajstić information content (AvgIpc) is 2.93. The minimum Gasteiger partial charge on any atom is -0.444 e. The molecule has 0 aromatic heterocycles. The SMILES string of the molecule is C=CC(=O)N[C@@H]1CCO[C@H]1C1CCN(C(=O)OC(C)(C)C)CC1. The lowest BCUT2D eigenvalue weighted by molar-refractivity contribution is -0.117. The van der Waals surface area contributed by atoms with Gasteiger partial charge in [0, 0.05) is 19.7 Å². The van der Waals surface area contributed by atoms with Gasteiger partial charge in [-0.2, -0.15) is 0 Å². The van der Waals surface area contributed by atoms with E-state index in [1.54, 1.807) is 4.90 Å². The predicted octanol–water partition coefficient (Wildman–Crippen LogP) is 2.09. The van der Waals surface area contributed by atoms with E-state index in [2.05, 4.69) is 11.9 Å². The third-order valence-electron chi connectivity index (χ3n) is 4.30. The summed E-state index contributed by atoms with van der Waals surface area (Å²) in [5.41, 5.74) is -0.470. The Balaban J connectivity index is 1.85. The summed E-state index contributed by atoms with van der Waals surface area (Å²) in [5, 5.41) is 2.95. The van der Waals surface area contributed by atoms with Gasteiger partial charge in [-0.05, 0) is 52.0 Å². The van der Waals surface area contributed by atoms with Crippen molar-refractivity contribution in [2.75, 3.05) is 19.7 Å². The van der Waals surface area contributed by atoms with E-state index >= 15 is 0 Å². The van der Waals surface area contributed by atoms with Crippen molar-refractivity contribution < 1.29 is 19.1 Å². The van der Waals surface area contributed by atoms with Crippen LogP contribution in [0.3, 0.4) is 0 Å². The number of nitrogens with one attached hydrogen (secondary N) is 1. The highest BCUT2D eigenvalue weighted by Gasteiger charge is 2.38. The normalized spacial score (nSPS) is 26.0. The molecule has 1 N–H and O–H groups in total. The van der Waals surface area contributed by atoms with Crippen LogP contribution in [-0.2, 0) is 14.3 Å². The molecule has 0 aromatic carbocycles. The lowest BCUT2D eigenvalue weighted by atomic mass is 9.87. The third kappa shape index (κ3) is 4.96. The van der Waals surface area contributed by atoms with Crippen molar-refractivity contribution in [2.24, 2.45) is 5.92 Å². The summed E-state index contributed by atoms with van der Waals surface area (Å²) < 4.78 is 11.3. The minimum absolute atomic E-state index is 0.0275. The maximum atomic E-state index is 12.1. The van der Waals surface area contributed by atoms with Gasteiger partial charge in [0.25, 0.3) is 0 Å². The minimum atomic E-state index is -0.470. The van der Waals surface area contributed by atoms with Gasteiger partial charge in [0.1, 0.15) is 5.60 Å².